The van der Waals surface area contributed by atoms with E-state index in [2.05, 4.69) is 77.4 Å². The molecule has 32 heavy (non-hydrogen) atoms. The minimum absolute atomic E-state index is 0. The van der Waals surface area contributed by atoms with E-state index in [0.717, 1.165) is 63.9 Å². The Labute approximate surface area is 209 Å². The van der Waals surface area contributed by atoms with Crippen LogP contribution in [0.15, 0.2) is 35.6 Å². The molecule has 2 unspecified atom stereocenters. The Morgan fingerprint density at radius 3 is 2.69 bits per heavy atom. The molecular formula is C24H39IN6O. The fraction of sp³-hybridized carbons (Fsp3) is 0.625. The molecule has 0 saturated carbocycles. The summed E-state index contributed by atoms with van der Waals surface area (Å²) in [6, 6.07) is 9.10. The monoisotopic (exact) mass is 554 g/mol. The number of aromatic nitrogens is 3. The van der Waals surface area contributed by atoms with Gasteiger partial charge >= 0.3 is 0 Å². The fourth-order valence-electron chi connectivity index (χ4n) is 3.84. The van der Waals surface area contributed by atoms with E-state index >= 15 is 0 Å². The summed E-state index contributed by atoms with van der Waals surface area (Å²) in [6.45, 7) is 12.8. The van der Waals surface area contributed by atoms with Crippen molar-refractivity contribution in [3.8, 4) is 0 Å². The second kappa shape index (κ2) is 13.8. The van der Waals surface area contributed by atoms with E-state index in [9.17, 15) is 0 Å². The first-order chi connectivity index (χ1) is 15.0. The van der Waals surface area contributed by atoms with Crippen LogP contribution in [0.5, 0.6) is 0 Å². The van der Waals surface area contributed by atoms with Crippen LogP contribution in [-0.4, -0.2) is 47.0 Å². The molecule has 1 aromatic heterocycles. The van der Waals surface area contributed by atoms with Crippen molar-refractivity contribution in [2.24, 2.45) is 16.8 Å². The van der Waals surface area contributed by atoms with Gasteiger partial charge in [0.25, 0.3) is 0 Å². The lowest BCUT2D eigenvalue weighted by molar-refractivity contribution is 0.187. The zero-order valence-corrected chi connectivity index (χ0v) is 22.2. The Balaban J connectivity index is 0.00000363. The van der Waals surface area contributed by atoms with Gasteiger partial charge in [-0.25, -0.2) is 0 Å². The highest BCUT2D eigenvalue weighted by Gasteiger charge is 2.16. The van der Waals surface area contributed by atoms with Gasteiger partial charge in [-0.15, -0.1) is 34.2 Å². The Kier molecular flexibility index (Phi) is 11.4. The van der Waals surface area contributed by atoms with E-state index in [1.807, 2.05) is 0 Å². The van der Waals surface area contributed by atoms with Crippen LogP contribution in [0.1, 0.15) is 57.1 Å². The molecule has 2 N–H and O–H groups in total. The largest absolute Gasteiger partial charge is 0.381 e. The SMILES string of the molecule is CCc1nncn1CCNC(=NCC1CCOC1)NC(C)c1ccc(CC(C)C)cc1.I. The fourth-order valence-corrected chi connectivity index (χ4v) is 3.84. The topological polar surface area (TPSA) is 76.4 Å². The lowest BCUT2D eigenvalue weighted by Crippen LogP contribution is -2.40. The van der Waals surface area contributed by atoms with Crippen molar-refractivity contribution < 1.29 is 4.74 Å². The van der Waals surface area contributed by atoms with Gasteiger partial charge in [0, 0.05) is 38.6 Å². The molecule has 178 valence electrons. The van der Waals surface area contributed by atoms with E-state index in [1.165, 1.54) is 11.1 Å². The van der Waals surface area contributed by atoms with Crippen LogP contribution in [0, 0.1) is 11.8 Å². The van der Waals surface area contributed by atoms with Crippen LogP contribution in [0.4, 0.5) is 0 Å². The summed E-state index contributed by atoms with van der Waals surface area (Å²) in [6.07, 6.45) is 4.87. The molecule has 1 saturated heterocycles. The van der Waals surface area contributed by atoms with Crippen molar-refractivity contribution in [2.45, 2.75) is 59.5 Å². The molecule has 2 atom stereocenters. The van der Waals surface area contributed by atoms with E-state index < -0.39 is 0 Å². The molecule has 0 bridgehead atoms. The van der Waals surface area contributed by atoms with Gasteiger partial charge in [0.05, 0.1) is 12.6 Å². The first-order valence-corrected chi connectivity index (χ1v) is 11.6. The molecule has 1 aliphatic rings. The van der Waals surface area contributed by atoms with Gasteiger partial charge in [0.1, 0.15) is 12.2 Å². The minimum atomic E-state index is 0. The zero-order chi connectivity index (χ0) is 22.1. The molecule has 0 spiro atoms. The van der Waals surface area contributed by atoms with E-state index in [1.54, 1.807) is 6.33 Å². The smallest absolute Gasteiger partial charge is 0.191 e. The molecule has 0 aliphatic carbocycles. The summed E-state index contributed by atoms with van der Waals surface area (Å²) >= 11 is 0. The molecule has 2 heterocycles. The molecule has 7 nitrogen and oxygen atoms in total. The van der Waals surface area contributed by atoms with Crippen molar-refractivity contribution in [3.05, 3.63) is 47.5 Å². The number of rotatable bonds is 10. The highest BCUT2D eigenvalue weighted by atomic mass is 127. The van der Waals surface area contributed by atoms with Crippen molar-refractivity contribution in [3.63, 3.8) is 0 Å². The highest BCUT2D eigenvalue weighted by molar-refractivity contribution is 14.0. The minimum Gasteiger partial charge on any atom is -0.381 e. The molecule has 1 fully saturated rings. The van der Waals surface area contributed by atoms with E-state index in [4.69, 9.17) is 9.73 Å². The standard InChI is InChI=1S/C24H38N6O.HI/c1-5-23-29-27-17-30(23)12-11-25-24(26-15-21-10-13-31-16-21)28-19(4)22-8-6-20(7-9-22)14-18(2)3;/h6-9,17-19,21H,5,10-16H2,1-4H3,(H2,25,26,28);1H. The quantitative estimate of drug-likeness (QED) is 0.264. The van der Waals surface area contributed by atoms with Crippen LogP contribution in [0.2, 0.25) is 0 Å². The lowest BCUT2D eigenvalue weighted by atomic mass is 10.00. The van der Waals surface area contributed by atoms with Crippen molar-refractivity contribution in [1.82, 2.24) is 25.4 Å². The third-order valence-electron chi connectivity index (χ3n) is 5.67. The molecule has 3 rings (SSSR count). The summed E-state index contributed by atoms with van der Waals surface area (Å²) in [5, 5.41) is 15.3. The second-order valence-corrected chi connectivity index (χ2v) is 8.85. The van der Waals surface area contributed by atoms with Crippen LogP contribution in [0.3, 0.4) is 0 Å². The predicted molar refractivity (Wildman–Crippen MR) is 141 cm³/mol. The van der Waals surface area contributed by atoms with Crippen LogP contribution < -0.4 is 10.6 Å². The van der Waals surface area contributed by atoms with Gasteiger partial charge in [-0.2, -0.15) is 0 Å². The molecule has 1 aromatic carbocycles. The summed E-state index contributed by atoms with van der Waals surface area (Å²) < 4.78 is 7.60. The number of nitrogens with one attached hydrogen (secondary N) is 2. The number of aliphatic imine (C=N–C) groups is 1. The Hall–Kier alpha value is -1.68. The Morgan fingerprint density at radius 1 is 1.25 bits per heavy atom. The van der Waals surface area contributed by atoms with Gasteiger partial charge in [-0.3, -0.25) is 4.99 Å². The maximum atomic E-state index is 5.51. The van der Waals surface area contributed by atoms with Crippen molar-refractivity contribution in [1.29, 1.82) is 0 Å². The van der Waals surface area contributed by atoms with Crippen LogP contribution >= 0.6 is 24.0 Å². The number of hydrogen-bond donors (Lipinski definition) is 2. The van der Waals surface area contributed by atoms with Crippen molar-refractivity contribution >= 4 is 29.9 Å². The van der Waals surface area contributed by atoms with E-state index in [0.29, 0.717) is 11.8 Å². The summed E-state index contributed by atoms with van der Waals surface area (Å²) in [7, 11) is 0. The first kappa shape index (κ1) is 26.6. The molecule has 1 aliphatic heterocycles. The second-order valence-electron chi connectivity index (χ2n) is 8.85. The van der Waals surface area contributed by atoms with Crippen LogP contribution in [-0.2, 0) is 24.1 Å². The maximum absolute atomic E-state index is 5.51. The number of nitrogens with zero attached hydrogens (tertiary/aromatic N) is 4. The van der Waals surface area contributed by atoms with Crippen molar-refractivity contribution in [2.75, 3.05) is 26.3 Å². The average molecular weight is 555 g/mol. The molecule has 2 aromatic rings. The van der Waals surface area contributed by atoms with Gasteiger partial charge < -0.3 is 19.9 Å². The highest BCUT2D eigenvalue weighted by Crippen LogP contribution is 2.16. The number of hydrogen-bond acceptors (Lipinski definition) is 4. The molecule has 0 amide bonds. The van der Waals surface area contributed by atoms with Gasteiger partial charge in [-0.1, -0.05) is 45.0 Å². The summed E-state index contributed by atoms with van der Waals surface area (Å²) in [4.78, 5) is 4.86. The summed E-state index contributed by atoms with van der Waals surface area (Å²) in [5.41, 5.74) is 2.65. The summed E-state index contributed by atoms with van der Waals surface area (Å²) in [5.74, 6) is 3.03. The third kappa shape index (κ3) is 8.35. The number of halogens is 1. The number of aryl methyl sites for hydroxylation is 1. The Bertz CT molecular complexity index is 814. The number of ether oxygens (including phenoxy) is 1. The molecular weight excluding hydrogens is 515 g/mol. The van der Waals surface area contributed by atoms with E-state index in [-0.39, 0.29) is 30.0 Å². The first-order valence-electron chi connectivity index (χ1n) is 11.6. The Morgan fingerprint density at radius 2 is 2.03 bits per heavy atom. The number of guanidine groups is 1. The maximum Gasteiger partial charge on any atom is 0.191 e. The van der Waals surface area contributed by atoms with Crippen LogP contribution in [0.25, 0.3) is 0 Å². The third-order valence-corrected chi connectivity index (χ3v) is 5.67. The normalized spacial score (nSPS) is 17.3. The van der Waals surface area contributed by atoms with Gasteiger partial charge in [0.15, 0.2) is 5.96 Å². The number of benzene rings is 1. The van der Waals surface area contributed by atoms with Gasteiger partial charge in [0.2, 0.25) is 0 Å². The zero-order valence-electron chi connectivity index (χ0n) is 19.9. The molecule has 0 radical (unpaired) electrons. The van der Waals surface area contributed by atoms with Gasteiger partial charge in [-0.05, 0) is 36.8 Å². The average Bonchev–Trinajstić information content (AvgIpc) is 3.43. The molecule has 8 heteroatoms. The predicted octanol–water partition coefficient (Wildman–Crippen LogP) is 3.99. The lowest BCUT2D eigenvalue weighted by Gasteiger charge is -2.20.